The number of hydrogen-bond donors (Lipinski definition) is 0. The molecule has 0 heterocycles. The van der Waals surface area contributed by atoms with E-state index in [2.05, 4.69) is 13.0 Å². The summed E-state index contributed by atoms with van der Waals surface area (Å²) in [6.45, 7) is 6.44. The number of methoxy groups -OCH3 is 1. The van der Waals surface area contributed by atoms with E-state index in [1.807, 2.05) is 19.9 Å². The topological polar surface area (TPSA) is 61.8 Å². The summed E-state index contributed by atoms with van der Waals surface area (Å²) in [5.41, 5.74) is -1.02. The number of fused-ring (bicyclic) bond motifs is 1. The molecule has 0 aromatic heterocycles. The third kappa shape index (κ3) is 3.42. The first-order valence-corrected chi connectivity index (χ1v) is 9.09. The molecule has 0 saturated heterocycles. The predicted molar refractivity (Wildman–Crippen MR) is 90.3 cm³/mol. The van der Waals surface area contributed by atoms with Crippen LogP contribution >= 0.6 is 0 Å². The minimum Gasteiger partial charge on any atom is -0.468 e. The lowest BCUT2D eigenvalue weighted by Gasteiger charge is -2.19. The van der Waals surface area contributed by atoms with E-state index < -0.39 is 11.4 Å². The molecule has 0 radical (unpaired) electrons. The molecule has 2 aliphatic rings. The van der Waals surface area contributed by atoms with E-state index >= 15 is 0 Å². The van der Waals surface area contributed by atoms with Crippen LogP contribution in [0.5, 0.6) is 0 Å². The molecule has 2 fully saturated rings. The van der Waals surface area contributed by atoms with Crippen LogP contribution in [-0.2, 0) is 23.8 Å². The van der Waals surface area contributed by atoms with Crippen molar-refractivity contribution in [1.29, 1.82) is 0 Å². The van der Waals surface area contributed by atoms with Crippen molar-refractivity contribution in [3.8, 4) is 0 Å². The summed E-state index contributed by atoms with van der Waals surface area (Å²) in [5, 5.41) is 0. The van der Waals surface area contributed by atoms with Gasteiger partial charge in [-0.15, -0.1) is 0 Å². The SMILES string of the molecule is CCCCCC=CC1C2C(OC(C)OCC)CC(=O)C12C(=O)OC. The molecule has 0 spiro atoms. The van der Waals surface area contributed by atoms with Crippen molar-refractivity contribution in [2.75, 3.05) is 13.7 Å². The molecule has 5 heteroatoms. The normalized spacial score (nSPS) is 32.8. The van der Waals surface area contributed by atoms with Gasteiger partial charge in [-0.05, 0) is 26.7 Å². The lowest BCUT2D eigenvalue weighted by atomic mass is 9.97. The van der Waals surface area contributed by atoms with Gasteiger partial charge >= 0.3 is 5.97 Å². The molecule has 0 amide bonds. The monoisotopic (exact) mass is 338 g/mol. The number of carbonyl (C=O) groups is 2. The Balaban J connectivity index is 2.07. The second-order valence-corrected chi connectivity index (χ2v) is 6.66. The average molecular weight is 338 g/mol. The molecule has 136 valence electrons. The smallest absolute Gasteiger partial charge is 0.320 e. The summed E-state index contributed by atoms with van der Waals surface area (Å²) in [7, 11) is 1.35. The Kier molecular flexibility index (Phi) is 6.58. The lowest BCUT2D eigenvalue weighted by Crippen LogP contribution is -2.27. The van der Waals surface area contributed by atoms with Crippen LogP contribution in [0.1, 0.15) is 52.9 Å². The van der Waals surface area contributed by atoms with Crippen molar-refractivity contribution >= 4 is 11.8 Å². The molecule has 24 heavy (non-hydrogen) atoms. The van der Waals surface area contributed by atoms with Gasteiger partial charge in [-0.3, -0.25) is 9.59 Å². The van der Waals surface area contributed by atoms with Crippen LogP contribution in [0.3, 0.4) is 0 Å². The second-order valence-electron chi connectivity index (χ2n) is 6.66. The highest BCUT2D eigenvalue weighted by atomic mass is 16.7. The van der Waals surface area contributed by atoms with Crippen LogP contribution < -0.4 is 0 Å². The second kappa shape index (κ2) is 8.26. The molecular weight excluding hydrogens is 308 g/mol. The Morgan fingerprint density at radius 3 is 2.75 bits per heavy atom. The number of unbranched alkanes of at least 4 members (excludes halogenated alkanes) is 3. The highest BCUT2D eigenvalue weighted by Gasteiger charge is 2.80. The Morgan fingerprint density at radius 1 is 1.38 bits per heavy atom. The number of hydrogen-bond acceptors (Lipinski definition) is 5. The van der Waals surface area contributed by atoms with Gasteiger partial charge in [-0.25, -0.2) is 0 Å². The van der Waals surface area contributed by atoms with Gasteiger partial charge in [0.2, 0.25) is 0 Å². The van der Waals surface area contributed by atoms with Crippen LogP contribution in [0.4, 0.5) is 0 Å². The third-order valence-electron chi connectivity index (χ3n) is 5.19. The van der Waals surface area contributed by atoms with Crippen LogP contribution in [0.2, 0.25) is 0 Å². The van der Waals surface area contributed by atoms with Crippen LogP contribution in [0, 0.1) is 17.3 Å². The highest BCUT2D eigenvalue weighted by molar-refractivity contribution is 6.11. The van der Waals surface area contributed by atoms with Crippen molar-refractivity contribution in [1.82, 2.24) is 0 Å². The molecule has 0 N–H and O–H groups in total. The summed E-state index contributed by atoms with van der Waals surface area (Å²) < 4.78 is 16.2. The highest BCUT2D eigenvalue weighted by Crippen LogP contribution is 2.68. The molecule has 0 aliphatic heterocycles. The molecule has 5 nitrogen and oxygen atoms in total. The predicted octanol–water partition coefficient (Wildman–Crippen LogP) is 3.27. The number of esters is 1. The van der Waals surface area contributed by atoms with Gasteiger partial charge in [-0.2, -0.15) is 0 Å². The minimum atomic E-state index is -1.02. The molecule has 0 bridgehead atoms. The number of carbonyl (C=O) groups excluding carboxylic acids is 2. The van der Waals surface area contributed by atoms with Crippen LogP contribution in [0.15, 0.2) is 12.2 Å². The fraction of sp³-hybridized carbons (Fsp3) is 0.789. The van der Waals surface area contributed by atoms with Gasteiger partial charge < -0.3 is 14.2 Å². The van der Waals surface area contributed by atoms with Gasteiger partial charge in [0.05, 0.1) is 13.2 Å². The van der Waals surface area contributed by atoms with Crippen molar-refractivity contribution < 1.29 is 23.8 Å². The summed E-state index contributed by atoms with van der Waals surface area (Å²) in [4.78, 5) is 24.9. The van der Waals surface area contributed by atoms with Crippen molar-refractivity contribution in [2.24, 2.45) is 17.3 Å². The van der Waals surface area contributed by atoms with Crippen molar-refractivity contribution in [3.05, 3.63) is 12.2 Å². The van der Waals surface area contributed by atoms with Crippen LogP contribution in [0.25, 0.3) is 0 Å². The molecule has 2 aliphatic carbocycles. The Labute approximate surface area is 144 Å². The molecule has 0 aromatic carbocycles. The van der Waals surface area contributed by atoms with Crippen molar-refractivity contribution in [3.63, 3.8) is 0 Å². The quantitative estimate of drug-likeness (QED) is 0.201. The zero-order valence-corrected chi connectivity index (χ0v) is 15.2. The van der Waals surface area contributed by atoms with E-state index in [1.165, 1.54) is 20.0 Å². The maximum atomic E-state index is 12.6. The van der Waals surface area contributed by atoms with Gasteiger partial charge in [0, 0.05) is 24.9 Å². The zero-order chi connectivity index (χ0) is 17.7. The van der Waals surface area contributed by atoms with Gasteiger partial charge in [0.15, 0.2) is 12.1 Å². The first kappa shape index (κ1) is 19.1. The van der Waals surface area contributed by atoms with E-state index in [0.717, 1.165) is 12.8 Å². The third-order valence-corrected chi connectivity index (χ3v) is 5.19. The molecule has 2 saturated carbocycles. The molecule has 5 atom stereocenters. The van der Waals surface area contributed by atoms with Gasteiger partial charge in [0.1, 0.15) is 5.41 Å². The first-order chi connectivity index (χ1) is 11.5. The fourth-order valence-electron chi connectivity index (χ4n) is 4.05. The first-order valence-electron chi connectivity index (χ1n) is 9.09. The summed E-state index contributed by atoms with van der Waals surface area (Å²) in [6.07, 6.45) is 8.20. The van der Waals surface area contributed by atoms with E-state index in [9.17, 15) is 9.59 Å². The van der Waals surface area contributed by atoms with E-state index in [0.29, 0.717) is 6.61 Å². The van der Waals surface area contributed by atoms with E-state index in [4.69, 9.17) is 14.2 Å². The zero-order valence-electron chi connectivity index (χ0n) is 15.2. The average Bonchev–Trinajstić information content (AvgIpc) is 3.14. The standard InChI is InChI=1S/C19H30O5/c1-5-7-8-9-10-11-14-17-15(24-13(3)23-6-2)12-16(20)19(14,17)18(21)22-4/h10-11,13-15,17H,5-9,12H2,1-4H3. The summed E-state index contributed by atoms with van der Waals surface area (Å²) in [5.74, 6) is -0.707. The van der Waals surface area contributed by atoms with Crippen LogP contribution in [-0.4, -0.2) is 37.9 Å². The summed E-state index contributed by atoms with van der Waals surface area (Å²) in [6, 6.07) is 0. The fourth-order valence-corrected chi connectivity index (χ4v) is 4.05. The number of ketones is 1. The Bertz CT molecular complexity index is 486. The maximum absolute atomic E-state index is 12.6. The summed E-state index contributed by atoms with van der Waals surface area (Å²) >= 11 is 0. The molecule has 2 rings (SSSR count). The van der Waals surface area contributed by atoms with Gasteiger partial charge in [-0.1, -0.05) is 31.9 Å². The molecular formula is C19H30O5. The van der Waals surface area contributed by atoms with E-state index in [1.54, 1.807) is 0 Å². The van der Waals surface area contributed by atoms with E-state index in [-0.39, 0.29) is 36.4 Å². The maximum Gasteiger partial charge on any atom is 0.320 e. The number of Topliss-reactive ketones (excluding diaryl/α,β-unsaturated/α-hetero) is 1. The Morgan fingerprint density at radius 2 is 2.12 bits per heavy atom. The largest absolute Gasteiger partial charge is 0.468 e. The van der Waals surface area contributed by atoms with Gasteiger partial charge in [0.25, 0.3) is 0 Å². The number of allylic oxidation sites excluding steroid dienone is 2. The van der Waals surface area contributed by atoms with Crippen molar-refractivity contribution in [2.45, 2.75) is 65.3 Å². The number of ether oxygens (including phenoxy) is 3. The molecule has 5 unspecified atom stereocenters. The Hall–Kier alpha value is -1.20. The minimum absolute atomic E-state index is 0.0590. The lowest BCUT2D eigenvalue weighted by molar-refractivity contribution is -0.162. The number of rotatable bonds is 10. The molecule has 0 aromatic rings.